The van der Waals surface area contributed by atoms with Crippen LogP contribution >= 0.6 is 0 Å². The molecule has 2 unspecified atom stereocenters. The van der Waals surface area contributed by atoms with Crippen LogP contribution in [0.4, 0.5) is 5.69 Å². The fourth-order valence-electron chi connectivity index (χ4n) is 5.89. The molecule has 2 heterocycles. The first-order valence-electron chi connectivity index (χ1n) is 13.9. The number of nitrogens with zero attached hydrogens (tertiary/aromatic N) is 3. The molecule has 3 atom stereocenters. The number of hydrogen-bond donors (Lipinski definition) is 0. The van der Waals surface area contributed by atoms with E-state index in [1.165, 1.54) is 0 Å². The van der Waals surface area contributed by atoms with Crippen molar-refractivity contribution < 1.29 is 23.9 Å². The Morgan fingerprint density at radius 2 is 1.49 bits per heavy atom. The Hall–Kier alpha value is -3.81. The van der Waals surface area contributed by atoms with Crippen LogP contribution < -0.4 is 9.64 Å². The molecule has 8 nitrogen and oxygen atoms in total. The lowest BCUT2D eigenvalue weighted by Crippen LogP contribution is -2.53. The molecule has 2 aliphatic heterocycles. The number of amides is 2. The quantitative estimate of drug-likeness (QED) is 0.401. The van der Waals surface area contributed by atoms with Gasteiger partial charge in [0, 0.05) is 38.4 Å². The highest BCUT2D eigenvalue weighted by Gasteiger charge is 2.43. The summed E-state index contributed by atoms with van der Waals surface area (Å²) in [7, 11) is 1.65. The number of carbonyl (C=O) groups excluding carboxylic acids is 3. The molecule has 3 aliphatic rings. The van der Waals surface area contributed by atoms with Crippen molar-refractivity contribution in [3.8, 4) is 5.75 Å². The zero-order valence-electron chi connectivity index (χ0n) is 22.5. The van der Waals surface area contributed by atoms with Gasteiger partial charge in [-0.05, 0) is 55.5 Å². The summed E-state index contributed by atoms with van der Waals surface area (Å²) < 4.78 is 10.8. The molecule has 5 rings (SSSR count). The summed E-state index contributed by atoms with van der Waals surface area (Å²) in [6, 6.07) is 16.9. The maximum absolute atomic E-state index is 13.8. The third kappa shape index (κ3) is 6.10. The number of esters is 1. The number of rotatable bonds is 7. The van der Waals surface area contributed by atoms with Gasteiger partial charge in [-0.15, -0.1) is 0 Å². The lowest BCUT2D eigenvalue weighted by Gasteiger charge is -2.39. The van der Waals surface area contributed by atoms with Gasteiger partial charge in [0.25, 0.3) is 0 Å². The number of allylic oxidation sites excluding steroid dienone is 2. The summed E-state index contributed by atoms with van der Waals surface area (Å²) in [5.41, 5.74) is 2.02. The van der Waals surface area contributed by atoms with Gasteiger partial charge in [0.05, 0.1) is 18.9 Å². The van der Waals surface area contributed by atoms with Crippen LogP contribution in [0.5, 0.6) is 5.75 Å². The molecule has 0 radical (unpaired) electrons. The number of ether oxygens (including phenoxy) is 2. The SMILES string of the molecule is COc1ccc(N2CCN(C(=O)C3CC=CCC3C(=O)N3CCC[C@H]3C(=O)OCc3ccccc3)CC2)cc1. The normalized spacial score (nSPS) is 23.0. The molecule has 2 saturated heterocycles. The molecular weight excluding hydrogens is 494 g/mol. The number of carbonyl (C=O) groups is 3. The highest BCUT2D eigenvalue weighted by molar-refractivity contribution is 5.91. The number of likely N-dealkylation sites (tertiary alicyclic amines) is 1. The van der Waals surface area contributed by atoms with E-state index in [-0.39, 0.29) is 24.4 Å². The second-order valence-corrected chi connectivity index (χ2v) is 10.4. The van der Waals surface area contributed by atoms with Gasteiger partial charge in [-0.1, -0.05) is 42.5 Å². The monoisotopic (exact) mass is 531 g/mol. The summed E-state index contributed by atoms with van der Waals surface area (Å²) in [4.78, 5) is 46.2. The number of methoxy groups -OCH3 is 1. The van der Waals surface area contributed by atoms with Gasteiger partial charge in [0.1, 0.15) is 18.4 Å². The Morgan fingerprint density at radius 3 is 2.15 bits per heavy atom. The van der Waals surface area contributed by atoms with Crippen LogP contribution in [0, 0.1) is 11.8 Å². The van der Waals surface area contributed by atoms with Crippen molar-refractivity contribution >= 4 is 23.5 Å². The summed E-state index contributed by atoms with van der Waals surface area (Å²) >= 11 is 0. The van der Waals surface area contributed by atoms with Gasteiger partial charge >= 0.3 is 5.97 Å². The molecule has 0 N–H and O–H groups in total. The number of anilines is 1. The summed E-state index contributed by atoms with van der Waals surface area (Å²) in [6.45, 7) is 3.41. The van der Waals surface area contributed by atoms with Crippen molar-refractivity contribution in [2.24, 2.45) is 11.8 Å². The lowest BCUT2D eigenvalue weighted by molar-refractivity contribution is -0.157. The number of hydrogen-bond acceptors (Lipinski definition) is 6. The minimum Gasteiger partial charge on any atom is -0.497 e. The summed E-state index contributed by atoms with van der Waals surface area (Å²) in [6.07, 6.45) is 6.41. The molecule has 0 aromatic heterocycles. The first-order chi connectivity index (χ1) is 19.0. The van der Waals surface area contributed by atoms with Crippen LogP contribution in [0.15, 0.2) is 66.7 Å². The Bertz CT molecular complexity index is 1170. The Kier molecular flexibility index (Phi) is 8.49. The zero-order chi connectivity index (χ0) is 27.2. The lowest BCUT2D eigenvalue weighted by atomic mass is 9.80. The van der Waals surface area contributed by atoms with Crippen molar-refractivity contribution in [3.05, 3.63) is 72.3 Å². The van der Waals surface area contributed by atoms with Gasteiger partial charge in [0.15, 0.2) is 0 Å². The van der Waals surface area contributed by atoms with E-state index in [1.54, 1.807) is 12.0 Å². The van der Waals surface area contributed by atoms with Crippen LogP contribution in [0.25, 0.3) is 0 Å². The van der Waals surface area contributed by atoms with E-state index in [0.29, 0.717) is 38.9 Å². The topological polar surface area (TPSA) is 79.4 Å². The standard InChI is InChI=1S/C31H37N3O5/c1-38-25-15-13-24(14-16-25)32-18-20-33(21-19-32)29(35)26-10-5-6-11-27(26)30(36)34-17-7-12-28(34)31(37)39-22-23-8-3-2-4-9-23/h2-6,8-9,13-16,26-28H,7,10-12,17-22H2,1H3/t26?,27?,28-/m0/s1. The van der Waals surface area contributed by atoms with Gasteiger partial charge in [-0.2, -0.15) is 0 Å². The molecule has 8 heteroatoms. The first-order valence-corrected chi connectivity index (χ1v) is 13.9. The van der Waals surface area contributed by atoms with Crippen LogP contribution in [0.3, 0.4) is 0 Å². The second-order valence-electron chi connectivity index (χ2n) is 10.4. The van der Waals surface area contributed by atoms with E-state index in [1.807, 2.05) is 71.6 Å². The van der Waals surface area contributed by atoms with E-state index >= 15 is 0 Å². The zero-order valence-corrected chi connectivity index (χ0v) is 22.5. The highest BCUT2D eigenvalue weighted by atomic mass is 16.5. The van der Waals surface area contributed by atoms with E-state index in [2.05, 4.69) is 4.90 Å². The Labute approximate surface area is 230 Å². The van der Waals surface area contributed by atoms with Crippen LogP contribution in [0.2, 0.25) is 0 Å². The molecular formula is C31H37N3O5. The Morgan fingerprint density at radius 1 is 0.821 bits per heavy atom. The predicted molar refractivity (Wildman–Crippen MR) is 148 cm³/mol. The fraction of sp³-hybridized carbons (Fsp3) is 0.452. The largest absolute Gasteiger partial charge is 0.497 e. The minimum atomic E-state index is -0.587. The molecule has 206 valence electrons. The molecule has 0 spiro atoms. The molecule has 2 aromatic carbocycles. The molecule has 2 amide bonds. The summed E-state index contributed by atoms with van der Waals surface area (Å²) in [5.74, 6) is -0.476. The maximum Gasteiger partial charge on any atom is 0.329 e. The van der Waals surface area contributed by atoms with Crippen molar-refractivity contribution in [2.45, 2.75) is 38.3 Å². The molecule has 0 saturated carbocycles. The fourth-order valence-corrected chi connectivity index (χ4v) is 5.89. The third-order valence-electron chi connectivity index (χ3n) is 8.13. The average molecular weight is 532 g/mol. The highest BCUT2D eigenvalue weighted by Crippen LogP contribution is 2.33. The van der Waals surface area contributed by atoms with E-state index < -0.39 is 17.9 Å². The van der Waals surface area contributed by atoms with Gasteiger partial charge < -0.3 is 24.2 Å². The van der Waals surface area contributed by atoms with Crippen LogP contribution in [-0.2, 0) is 25.7 Å². The van der Waals surface area contributed by atoms with Crippen LogP contribution in [-0.4, -0.2) is 73.5 Å². The minimum absolute atomic E-state index is 0.0366. The third-order valence-corrected chi connectivity index (χ3v) is 8.13. The predicted octanol–water partition coefficient (Wildman–Crippen LogP) is 3.66. The number of benzene rings is 2. The summed E-state index contributed by atoms with van der Waals surface area (Å²) in [5, 5.41) is 0. The Balaban J connectivity index is 1.19. The van der Waals surface area contributed by atoms with Crippen molar-refractivity contribution in [1.82, 2.24) is 9.80 Å². The van der Waals surface area contributed by atoms with E-state index in [9.17, 15) is 14.4 Å². The van der Waals surface area contributed by atoms with Gasteiger partial charge in [-0.25, -0.2) is 4.79 Å². The molecule has 0 bridgehead atoms. The number of piperazine rings is 1. The van der Waals surface area contributed by atoms with Crippen molar-refractivity contribution in [3.63, 3.8) is 0 Å². The average Bonchev–Trinajstić information content (AvgIpc) is 3.50. The van der Waals surface area contributed by atoms with Gasteiger partial charge in [0.2, 0.25) is 11.8 Å². The van der Waals surface area contributed by atoms with Gasteiger partial charge in [-0.3, -0.25) is 9.59 Å². The molecule has 39 heavy (non-hydrogen) atoms. The first kappa shape index (κ1) is 26.8. The van der Waals surface area contributed by atoms with Crippen molar-refractivity contribution in [1.29, 1.82) is 0 Å². The molecule has 2 aromatic rings. The molecule has 1 aliphatic carbocycles. The second kappa shape index (κ2) is 12.4. The van der Waals surface area contributed by atoms with Crippen molar-refractivity contribution in [2.75, 3.05) is 44.7 Å². The van der Waals surface area contributed by atoms with E-state index in [0.717, 1.165) is 36.5 Å². The smallest absolute Gasteiger partial charge is 0.329 e. The van der Waals surface area contributed by atoms with Crippen LogP contribution in [0.1, 0.15) is 31.2 Å². The maximum atomic E-state index is 13.8. The molecule has 2 fully saturated rings. The van der Waals surface area contributed by atoms with E-state index in [4.69, 9.17) is 9.47 Å².